The number of hydrogen-bond acceptors (Lipinski definition) is 3. The van der Waals surface area contributed by atoms with Gasteiger partial charge in [-0.1, -0.05) is 18.2 Å². The molecule has 0 bridgehead atoms. The largest absolute Gasteiger partial charge is 0.329 e. The molecule has 0 radical (unpaired) electrons. The summed E-state index contributed by atoms with van der Waals surface area (Å²) < 4.78 is 0. The number of rotatable bonds is 3. The lowest BCUT2D eigenvalue weighted by atomic mass is 9.91. The molecule has 2 atom stereocenters. The van der Waals surface area contributed by atoms with Gasteiger partial charge in [0.05, 0.1) is 0 Å². The molecule has 2 unspecified atom stereocenters. The van der Waals surface area contributed by atoms with Crippen LogP contribution in [0.15, 0.2) is 29.6 Å². The van der Waals surface area contributed by atoms with E-state index in [1.54, 1.807) is 4.88 Å². The van der Waals surface area contributed by atoms with Gasteiger partial charge in [-0.15, -0.1) is 11.3 Å². The van der Waals surface area contributed by atoms with Crippen molar-refractivity contribution in [1.29, 1.82) is 0 Å². The molecule has 1 aromatic heterocycles. The third kappa shape index (κ3) is 2.54. The Hall–Kier alpha value is -1.16. The van der Waals surface area contributed by atoms with Crippen molar-refractivity contribution < 1.29 is 0 Å². The summed E-state index contributed by atoms with van der Waals surface area (Å²) >= 11 is 1.89. The van der Waals surface area contributed by atoms with Crippen LogP contribution in [0.5, 0.6) is 0 Å². The Kier molecular flexibility index (Phi) is 4.16. The minimum atomic E-state index is 0.314. The predicted molar refractivity (Wildman–Crippen MR) is 90.9 cm³/mol. The average molecular weight is 300 g/mol. The van der Waals surface area contributed by atoms with Crippen molar-refractivity contribution in [2.75, 3.05) is 13.1 Å². The van der Waals surface area contributed by atoms with Crippen molar-refractivity contribution in [1.82, 2.24) is 4.90 Å². The fourth-order valence-corrected chi connectivity index (χ4v) is 4.69. The topological polar surface area (TPSA) is 29.3 Å². The van der Waals surface area contributed by atoms with Crippen LogP contribution < -0.4 is 5.73 Å². The Balaban J connectivity index is 1.98. The minimum Gasteiger partial charge on any atom is -0.329 e. The summed E-state index contributed by atoms with van der Waals surface area (Å²) in [7, 11) is 0. The molecule has 2 N–H and O–H groups in total. The maximum Gasteiger partial charge on any atom is 0.0481 e. The first kappa shape index (κ1) is 14.8. The molecule has 0 amide bonds. The number of hydrogen-bond donors (Lipinski definition) is 1. The molecule has 0 aliphatic carbocycles. The Morgan fingerprint density at radius 3 is 2.67 bits per heavy atom. The molecule has 21 heavy (non-hydrogen) atoms. The molecular weight excluding hydrogens is 276 g/mol. The van der Waals surface area contributed by atoms with Crippen LogP contribution in [-0.2, 0) is 6.42 Å². The number of thiophene rings is 1. The van der Waals surface area contributed by atoms with Crippen molar-refractivity contribution >= 4 is 11.3 Å². The van der Waals surface area contributed by atoms with Crippen molar-refractivity contribution in [3.63, 3.8) is 0 Å². The molecule has 0 saturated heterocycles. The van der Waals surface area contributed by atoms with Crippen LogP contribution in [0.2, 0.25) is 0 Å². The second-order valence-corrected chi connectivity index (χ2v) is 7.02. The standard InChI is InChI=1S/C18H24N2S/c1-12-5-4-6-13(2)18(12)16(11-19)20-9-7-17-15(14(20)3)8-10-21-17/h4-6,8,10,14,16H,7,9,11,19H2,1-3H3. The van der Waals surface area contributed by atoms with Crippen molar-refractivity contribution in [2.24, 2.45) is 5.73 Å². The summed E-state index contributed by atoms with van der Waals surface area (Å²) in [6.07, 6.45) is 1.15. The van der Waals surface area contributed by atoms with E-state index in [2.05, 4.69) is 55.3 Å². The normalized spacial score (nSPS) is 20.3. The van der Waals surface area contributed by atoms with Gasteiger partial charge in [0, 0.05) is 30.1 Å². The number of fused-ring (bicyclic) bond motifs is 1. The summed E-state index contributed by atoms with van der Waals surface area (Å²) in [4.78, 5) is 4.14. The molecule has 1 aliphatic heterocycles. The molecule has 0 fully saturated rings. The molecule has 3 rings (SSSR count). The highest BCUT2D eigenvalue weighted by Crippen LogP contribution is 2.39. The molecule has 2 nitrogen and oxygen atoms in total. The first-order valence-electron chi connectivity index (χ1n) is 7.71. The smallest absolute Gasteiger partial charge is 0.0481 e. The number of nitrogens with zero attached hydrogens (tertiary/aromatic N) is 1. The first-order chi connectivity index (χ1) is 10.1. The second-order valence-electron chi connectivity index (χ2n) is 6.02. The summed E-state index contributed by atoms with van der Waals surface area (Å²) in [5.74, 6) is 0. The number of nitrogens with two attached hydrogens (primary N) is 1. The highest BCUT2D eigenvalue weighted by molar-refractivity contribution is 7.10. The molecular formula is C18H24N2S. The van der Waals surface area contributed by atoms with Gasteiger partial charge in [-0.25, -0.2) is 0 Å². The summed E-state index contributed by atoms with van der Waals surface area (Å²) in [5.41, 5.74) is 11.8. The van der Waals surface area contributed by atoms with Gasteiger partial charge in [0.15, 0.2) is 0 Å². The molecule has 0 saturated carbocycles. The van der Waals surface area contributed by atoms with E-state index in [0.29, 0.717) is 18.6 Å². The lowest BCUT2D eigenvalue weighted by Crippen LogP contribution is -2.40. The van der Waals surface area contributed by atoms with Gasteiger partial charge in [0.25, 0.3) is 0 Å². The Labute approximate surface area is 131 Å². The number of benzene rings is 1. The lowest BCUT2D eigenvalue weighted by Gasteiger charge is -2.40. The van der Waals surface area contributed by atoms with Crippen molar-refractivity contribution in [3.8, 4) is 0 Å². The van der Waals surface area contributed by atoms with Crippen molar-refractivity contribution in [2.45, 2.75) is 39.3 Å². The molecule has 112 valence electrons. The first-order valence-corrected chi connectivity index (χ1v) is 8.59. The Morgan fingerprint density at radius 1 is 1.29 bits per heavy atom. The average Bonchev–Trinajstić information content (AvgIpc) is 2.94. The summed E-state index contributed by atoms with van der Waals surface area (Å²) in [5, 5.41) is 2.22. The van der Waals surface area contributed by atoms with Gasteiger partial charge in [0.2, 0.25) is 0 Å². The zero-order valence-corrected chi connectivity index (χ0v) is 13.9. The summed E-state index contributed by atoms with van der Waals surface area (Å²) in [6.45, 7) is 8.51. The van der Waals surface area contributed by atoms with Gasteiger partial charge in [-0.2, -0.15) is 0 Å². The van der Waals surface area contributed by atoms with E-state index in [-0.39, 0.29) is 0 Å². The van der Waals surface area contributed by atoms with Crippen molar-refractivity contribution in [3.05, 3.63) is 56.8 Å². The quantitative estimate of drug-likeness (QED) is 0.929. The van der Waals surface area contributed by atoms with Gasteiger partial charge in [-0.3, -0.25) is 4.90 Å². The van der Waals surface area contributed by atoms with Crippen LogP contribution in [0, 0.1) is 13.8 Å². The monoisotopic (exact) mass is 300 g/mol. The van der Waals surface area contributed by atoms with Crippen LogP contribution in [0.4, 0.5) is 0 Å². The Morgan fingerprint density at radius 2 is 2.00 bits per heavy atom. The number of aryl methyl sites for hydroxylation is 2. The van der Waals surface area contributed by atoms with Gasteiger partial charge >= 0.3 is 0 Å². The third-order valence-electron chi connectivity index (χ3n) is 4.82. The van der Waals surface area contributed by atoms with Crippen LogP contribution in [0.1, 0.15) is 46.1 Å². The zero-order valence-electron chi connectivity index (χ0n) is 13.1. The lowest BCUT2D eigenvalue weighted by molar-refractivity contribution is 0.138. The predicted octanol–water partition coefficient (Wildman–Crippen LogP) is 3.98. The van der Waals surface area contributed by atoms with Crippen LogP contribution in [-0.4, -0.2) is 18.0 Å². The fourth-order valence-electron chi connectivity index (χ4n) is 3.73. The van der Waals surface area contributed by atoms with Crippen LogP contribution >= 0.6 is 11.3 Å². The molecule has 1 aliphatic rings. The van der Waals surface area contributed by atoms with E-state index < -0.39 is 0 Å². The van der Waals surface area contributed by atoms with Gasteiger partial charge in [-0.05, 0) is 60.9 Å². The highest BCUT2D eigenvalue weighted by atomic mass is 32.1. The van der Waals surface area contributed by atoms with E-state index in [1.165, 1.54) is 22.3 Å². The minimum absolute atomic E-state index is 0.314. The third-order valence-corrected chi connectivity index (χ3v) is 5.82. The SMILES string of the molecule is Cc1cccc(C)c1C(CN)N1CCc2sccc2C1C. The maximum atomic E-state index is 6.19. The fraction of sp³-hybridized carbons (Fsp3) is 0.444. The molecule has 1 aromatic carbocycles. The van der Waals surface area contributed by atoms with E-state index in [4.69, 9.17) is 5.73 Å². The zero-order chi connectivity index (χ0) is 15.0. The molecule has 2 heterocycles. The highest BCUT2D eigenvalue weighted by Gasteiger charge is 2.31. The summed E-state index contributed by atoms with van der Waals surface area (Å²) in [6, 6.07) is 9.60. The second kappa shape index (κ2) is 5.91. The van der Waals surface area contributed by atoms with Crippen LogP contribution in [0.3, 0.4) is 0 Å². The molecule has 2 aromatic rings. The maximum absolute atomic E-state index is 6.19. The van der Waals surface area contributed by atoms with Gasteiger partial charge < -0.3 is 5.73 Å². The molecule has 3 heteroatoms. The van der Waals surface area contributed by atoms with E-state index in [0.717, 1.165) is 13.0 Å². The van der Waals surface area contributed by atoms with Crippen LogP contribution in [0.25, 0.3) is 0 Å². The Bertz CT molecular complexity index is 612. The van der Waals surface area contributed by atoms with Gasteiger partial charge in [0.1, 0.15) is 0 Å². The van der Waals surface area contributed by atoms with E-state index in [9.17, 15) is 0 Å². The van der Waals surface area contributed by atoms with E-state index >= 15 is 0 Å². The van der Waals surface area contributed by atoms with E-state index in [1.807, 2.05) is 11.3 Å². The molecule has 0 spiro atoms.